The Morgan fingerprint density at radius 2 is 1.95 bits per heavy atom. The Kier molecular flexibility index (Phi) is 5.84. The van der Waals surface area contributed by atoms with Crippen LogP contribution in [0.3, 0.4) is 0 Å². The average molecular weight is 298 g/mol. The molecule has 0 aliphatic heterocycles. The highest BCUT2D eigenvalue weighted by atomic mass is 32.2. The normalized spacial score (nSPS) is 10.4. The zero-order chi connectivity index (χ0) is 15.3. The highest BCUT2D eigenvalue weighted by Crippen LogP contribution is 2.31. The Morgan fingerprint density at radius 3 is 2.40 bits per heavy atom. The van der Waals surface area contributed by atoms with Crippen molar-refractivity contribution in [3.8, 4) is 5.75 Å². The fourth-order valence-electron chi connectivity index (χ4n) is 1.28. The molecule has 0 spiro atoms. The topological polar surface area (TPSA) is 76.1 Å². The zero-order valence-corrected chi connectivity index (χ0v) is 12.5. The molecule has 0 atom stereocenters. The number of carbonyl (C=O) groups is 2. The number of esters is 1. The van der Waals surface area contributed by atoms with Gasteiger partial charge >= 0.3 is 12.3 Å². The van der Waals surface area contributed by atoms with Crippen LogP contribution in [0.2, 0.25) is 0 Å². The number of phenolic OH excluding ortho intramolecular Hbond substituents is 1. The molecule has 0 saturated carbocycles. The number of amides is 1. The molecule has 1 rings (SSSR count). The van der Waals surface area contributed by atoms with Crippen LogP contribution in [0.5, 0.6) is 5.75 Å². The second-order valence-corrected chi connectivity index (χ2v) is 5.05. The monoisotopic (exact) mass is 298 g/mol. The van der Waals surface area contributed by atoms with E-state index in [-0.39, 0.29) is 22.8 Å². The van der Waals surface area contributed by atoms with Gasteiger partial charge in [0.1, 0.15) is 5.75 Å². The number of rotatable bonds is 4. The number of phenols is 1. The Balaban J connectivity index is 2.92. The molecule has 0 aromatic heterocycles. The summed E-state index contributed by atoms with van der Waals surface area (Å²) in [6, 6.07) is 4.55. The van der Waals surface area contributed by atoms with E-state index in [9.17, 15) is 14.7 Å². The van der Waals surface area contributed by atoms with Crippen LogP contribution >= 0.6 is 11.8 Å². The second kappa shape index (κ2) is 7.16. The molecule has 109 valence electrons. The number of carbonyl (C=O) groups excluding carboxylic acids is 2. The van der Waals surface area contributed by atoms with E-state index < -0.39 is 5.97 Å². The second-order valence-electron chi connectivity index (χ2n) is 4.03. The summed E-state index contributed by atoms with van der Waals surface area (Å²) in [7, 11) is 4.61. The lowest BCUT2D eigenvalue weighted by Gasteiger charge is -2.15. The van der Waals surface area contributed by atoms with Crippen LogP contribution in [0.1, 0.15) is 12.5 Å². The van der Waals surface area contributed by atoms with Crippen molar-refractivity contribution in [2.75, 3.05) is 21.2 Å². The highest BCUT2D eigenvalue weighted by Gasteiger charge is 2.21. The summed E-state index contributed by atoms with van der Waals surface area (Å²) < 4.78 is 9.76. The lowest BCUT2D eigenvalue weighted by molar-refractivity contribution is -0.147. The number of aromatic hydroxyl groups is 1. The van der Waals surface area contributed by atoms with Crippen molar-refractivity contribution in [2.24, 2.45) is 0 Å². The molecule has 0 fully saturated rings. The molecule has 1 aromatic rings. The molecule has 1 aromatic carbocycles. The standard InChI is InChI=1S/C13H16NO5S/c1-8(15)19-12(18-4)10-6-5-9(7-11(10)16)20-13(17)14(2)3/h5-7,16H,1-4H3. The van der Waals surface area contributed by atoms with Crippen molar-refractivity contribution in [3.05, 3.63) is 30.1 Å². The van der Waals surface area contributed by atoms with Crippen molar-refractivity contribution in [1.82, 2.24) is 4.90 Å². The van der Waals surface area contributed by atoms with E-state index in [1.54, 1.807) is 20.2 Å². The van der Waals surface area contributed by atoms with E-state index in [4.69, 9.17) is 9.47 Å². The number of thioether (sulfide) groups is 1. The number of ether oxygens (including phenoxy) is 2. The van der Waals surface area contributed by atoms with E-state index in [1.165, 1.54) is 31.1 Å². The first kappa shape index (κ1) is 16.3. The summed E-state index contributed by atoms with van der Waals surface area (Å²) in [6.07, 6.45) is -0.0921. The molecule has 6 nitrogen and oxygen atoms in total. The Hall–Kier alpha value is -1.73. The van der Waals surface area contributed by atoms with Gasteiger partial charge in [-0.05, 0) is 30.0 Å². The number of hydrogen-bond acceptors (Lipinski definition) is 6. The Labute approximate surface area is 121 Å². The van der Waals surface area contributed by atoms with E-state index >= 15 is 0 Å². The van der Waals surface area contributed by atoms with Gasteiger partial charge in [-0.15, -0.1) is 0 Å². The van der Waals surface area contributed by atoms with Gasteiger partial charge < -0.3 is 19.5 Å². The fraction of sp³-hybridized carbons (Fsp3) is 0.308. The van der Waals surface area contributed by atoms with Crippen molar-refractivity contribution in [2.45, 2.75) is 11.8 Å². The molecule has 0 aliphatic carbocycles. The van der Waals surface area contributed by atoms with Gasteiger partial charge in [-0.3, -0.25) is 9.59 Å². The molecule has 20 heavy (non-hydrogen) atoms. The summed E-state index contributed by atoms with van der Waals surface area (Å²) in [6.45, 7) is 1.23. The van der Waals surface area contributed by atoms with Crippen LogP contribution in [0, 0.1) is 6.29 Å². The predicted octanol–water partition coefficient (Wildman–Crippen LogP) is 2.21. The summed E-state index contributed by atoms with van der Waals surface area (Å²) >= 11 is 0.977. The smallest absolute Gasteiger partial charge is 0.315 e. The number of hydrogen-bond donors (Lipinski definition) is 1. The van der Waals surface area contributed by atoms with E-state index in [0.29, 0.717) is 4.90 Å². The molecule has 1 N–H and O–H groups in total. The Bertz CT molecular complexity index is 504. The average Bonchev–Trinajstić information content (AvgIpc) is 2.36. The van der Waals surface area contributed by atoms with Crippen LogP contribution in [0.25, 0.3) is 0 Å². The molecule has 1 radical (unpaired) electrons. The van der Waals surface area contributed by atoms with Crippen LogP contribution in [0.15, 0.2) is 23.1 Å². The van der Waals surface area contributed by atoms with Crippen molar-refractivity contribution in [1.29, 1.82) is 0 Å². The lowest BCUT2D eigenvalue weighted by atomic mass is 10.2. The van der Waals surface area contributed by atoms with Gasteiger partial charge in [0.25, 0.3) is 5.24 Å². The molecular weight excluding hydrogens is 282 g/mol. The minimum atomic E-state index is -0.553. The van der Waals surface area contributed by atoms with Gasteiger partial charge in [0.15, 0.2) is 0 Å². The number of methoxy groups -OCH3 is 1. The fourth-order valence-corrected chi connectivity index (χ4v) is 1.97. The van der Waals surface area contributed by atoms with E-state index in [0.717, 1.165) is 11.8 Å². The van der Waals surface area contributed by atoms with Gasteiger partial charge in [-0.1, -0.05) is 0 Å². The van der Waals surface area contributed by atoms with Crippen LogP contribution < -0.4 is 0 Å². The van der Waals surface area contributed by atoms with E-state index in [2.05, 4.69) is 0 Å². The number of benzene rings is 1. The Morgan fingerprint density at radius 1 is 1.30 bits per heavy atom. The van der Waals surface area contributed by atoms with Gasteiger partial charge in [0.2, 0.25) is 0 Å². The maximum Gasteiger partial charge on any atom is 0.315 e. The lowest BCUT2D eigenvalue weighted by Crippen LogP contribution is -2.16. The van der Waals surface area contributed by atoms with Crippen molar-refractivity contribution in [3.63, 3.8) is 0 Å². The molecule has 1 amide bonds. The van der Waals surface area contributed by atoms with Crippen LogP contribution in [-0.4, -0.2) is 42.4 Å². The summed E-state index contributed by atoms with van der Waals surface area (Å²) in [4.78, 5) is 24.5. The number of nitrogens with zero attached hydrogens (tertiary/aromatic N) is 1. The van der Waals surface area contributed by atoms with Gasteiger partial charge in [-0.2, -0.15) is 0 Å². The molecule has 0 aliphatic rings. The van der Waals surface area contributed by atoms with Gasteiger partial charge in [-0.25, -0.2) is 0 Å². The third-order valence-electron chi connectivity index (χ3n) is 2.18. The predicted molar refractivity (Wildman–Crippen MR) is 74.2 cm³/mol. The minimum absolute atomic E-state index is 0.0921. The molecule has 0 bridgehead atoms. The maximum absolute atomic E-state index is 11.6. The SMILES string of the molecule is CO[C](OC(C)=O)c1ccc(SC(=O)N(C)C)cc1O. The minimum Gasteiger partial charge on any atom is -0.507 e. The van der Waals surface area contributed by atoms with Crippen LogP contribution in [-0.2, 0) is 14.3 Å². The van der Waals surface area contributed by atoms with E-state index in [1.807, 2.05) is 0 Å². The maximum atomic E-state index is 11.6. The first-order valence-electron chi connectivity index (χ1n) is 5.67. The molecule has 0 unspecified atom stereocenters. The third kappa shape index (κ3) is 4.43. The summed E-state index contributed by atoms with van der Waals surface area (Å²) in [5, 5.41) is 9.77. The first-order chi connectivity index (χ1) is 9.35. The molecular formula is C13H16NO5S. The third-order valence-corrected chi connectivity index (χ3v) is 3.21. The quantitative estimate of drug-likeness (QED) is 0.678. The highest BCUT2D eigenvalue weighted by molar-refractivity contribution is 8.13. The molecule has 7 heteroatoms. The van der Waals surface area contributed by atoms with Crippen molar-refractivity contribution >= 4 is 23.0 Å². The molecule has 0 saturated heterocycles. The van der Waals surface area contributed by atoms with Gasteiger partial charge in [0, 0.05) is 33.0 Å². The summed E-state index contributed by atoms with van der Waals surface area (Å²) in [5.41, 5.74) is 0.240. The zero-order valence-electron chi connectivity index (χ0n) is 11.7. The molecule has 0 heterocycles. The largest absolute Gasteiger partial charge is 0.507 e. The van der Waals surface area contributed by atoms with Crippen LogP contribution in [0.4, 0.5) is 4.79 Å². The summed E-state index contributed by atoms with van der Waals surface area (Å²) in [5.74, 6) is -0.692. The first-order valence-corrected chi connectivity index (χ1v) is 6.48. The van der Waals surface area contributed by atoms with Crippen molar-refractivity contribution < 1.29 is 24.2 Å². The van der Waals surface area contributed by atoms with Gasteiger partial charge in [0.05, 0.1) is 5.56 Å².